The molecule has 0 atom stereocenters. The minimum absolute atomic E-state index is 0.0342. The van der Waals surface area contributed by atoms with Crippen LogP contribution < -0.4 is 4.90 Å². The first-order valence-corrected chi connectivity index (χ1v) is 11.9. The van der Waals surface area contributed by atoms with Crippen LogP contribution in [0, 0.1) is 19.7 Å². The lowest BCUT2D eigenvalue weighted by atomic mass is 10.1. The van der Waals surface area contributed by atoms with Crippen LogP contribution in [0.5, 0.6) is 0 Å². The van der Waals surface area contributed by atoms with Gasteiger partial charge in [-0.1, -0.05) is 47.7 Å². The number of aryl methyl sites for hydroxylation is 2. The second-order valence-corrected chi connectivity index (χ2v) is 9.62. The zero-order valence-corrected chi connectivity index (χ0v) is 19.1. The van der Waals surface area contributed by atoms with Crippen LogP contribution in [-0.4, -0.2) is 16.6 Å². The van der Waals surface area contributed by atoms with E-state index in [1.807, 2.05) is 30.3 Å². The van der Waals surface area contributed by atoms with Gasteiger partial charge < -0.3 is 0 Å². The number of carbonyl (C=O) groups excluding carboxylic acids is 1. The lowest BCUT2D eigenvalue weighted by Gasteiger charge is -2.20. The summed E-state index contributed by atoms with van der Waals surface area (Å²) < 4.78 is 14.2. The summed E-state index contributed by atoms with van der Waals surface area (Å²) in [4.78, 5) is 20.8. The second kappa shape index (κ2) is 9.62. The molecule has 0 spiro atoms. The predicted molar refractivity (Wildman–Crippen MR) is 128 cm³/mol. The molecule has 1 aromatic heterocycles. The lowest BCUT2D eigenvalue weighted by molar-refractivity contribution is -0.118. The van der Waals surface area contributed by atoms with Gasteiger partial charge in [0.25, 0.3) is 0 Å². The van der Waals surface area contributed by atoms with E-state index in [2.05, 4.69) is 26.0 Å². The highest BCUT2D eigenvalue weighted by Crippen LogP contribution is 2.33. The molecule has 0 N–H and O–H groups in total. The average Bonchev–Trinajstić information content (AvgIpc) is 3.18. The van der Waals surface area contributed by atoms with Gasteiger partial charge in [0.1, 0.15) is 5.82 Å². The molecule has 1 amide bonds. The van der Waals surface area contributed by atoms with E-state index >= 15 is 0 Å². The number of benzene rings is 3. The van der Waals surface area contributed by atoms with Crippen LogP contribution in [-0.2, 0) is 11.3 Å². The largest absolute Gasteiger partial charge is 0.284 e. The molecule has 0 radical (unpaired) electrons. The number of rotatable bonds is 7. The number of hydrogen-bond acceptors (Lipinski definition) is 4. The molecule has 0 unspecified atom stereocenters. The normalized spacial score (nSPS) is 11.1. The number of amides is 1. The van der Waals surface area contributed by atoms with Gasteiger partial charge in [-0.05, 0) is 60.9 Å². The summed E-state index contributed by atoms with van der Waals surface area (Å²) in [7, 11) is 0. The highest BCUT2D eigenvalue weighted by Gasteiger charge is 2.21. The van der Waals surface area contributed by atoms with E-state index in [0.717, 1.165) is 31.4 Å². The molecular weight excluding hydrogens is 427 g/mol. The van der Waals surface area contributed by atoms with Gasteiger partial charge in [-0.15, -0.1) is 11.8 Å². The quantitative estimate of drug-likeness (QED) is 0.291. The number of nitrogens with zero attached hydrogens (tertiary/aromatic N) is 2. The van der Waals surface area contributed by atoms with Crippen LogP contribution in [0.25, 0.3) is 10.2 Å². The highest BCUT2D eigenvalue weighted by atomic mass is 32.2. The first kappa shape index (κ1) is 21.5. The van der Waals surface area contributed by atoms with E-state index in [0.29, 0.717) is 18.7 Å². The third kappa shape index (κ3) is 5.32. The molecule has 0 fully saturated rings. The Morgan fingerprint density at radius 3 is 2.55 bits per heavy atom. The van der Waals surface area contributed by atoms with Gasteiger partial charge in [-0.2, -0.15) is 0 Å². The Kier molecular flexibility index (Phi) is 6.68. The molecular formula is C25H23FN2OS2. The summed E-state index contributed by atoms with van der Waals surface area (Å²) in [5.74, 6) is 0.404. The molecule has 1 heterocycles. The van der Waals surface area contributed by atoms with Crippen LogP contribution in [0.15, 0.2) is 71.6 Å². The maximum Gasteiger partial charge on any atom is 0.229 e. The van der Waals surface area contributed by atoms with Crippen molar-refractivity contribution in [3.05, 3.63) is 89.2 Å². The zero-order valence-electron chi connectivity index (χ0n) is 17.5. The fourth-order valence-electron chi connectivity index (χ4n) is 3.42. The van der Waals surface area contributed by atoms with E-state index in [9.17, 15) is 9.18 Å². The van der Waals surface area contributed by atoms with Gasteiger partial charge in [-0.3, -0.25) is 9.69 Å². The van der Waals surface area contributed by atoms with E-state index in [-0.39, 0.29) is 11.7 Å². The van der Waals surface area contributed by atoms with Crippen molar-refractivity contribution < 1.29 is 9.18 Å². The Morgan fingerprint density at radius 1 is 1.06 bits per heavy atom. The maximum absolute atomic E-state index is 13.2. The molecule has 4 aromatic rings. The van der Waals surface area contributed by atoms with Crippen LogP contribution in [0.1, 0.15) is 23.1 Å². The third-order valence-corrected chi connectivity index (χ3v) is 6.97. The molecule has 0 bridgehead atoms. The smallest absolute Gasteiger partial charge is 0.229 e. The summed E-state index contributed by atoms with van der Waals surface area (Å²) in [6.45, 7) is 4.62. The standard InChI is InChI=1S/C25H23FN2OS2/c1-17-14-18(2)24-22(15-17)31-25(27-24)28(16-19-6-4-3-5-7-19)23(29)12-13-30-21-10-8-20(26)9-11-21/h3-11,14-15H,12-13,16H2,1-2H3. The Morgan fingerprint density at radius 2 is 1.81 bits per heavy atom. The number of halogens is 1. The van der Waals surface area contributed by atoms with Gasteiger partial charge in [0.15, 0.2) is 5.13 Å². The van der Waals surface area contributed by atoms with Crippen molar-refractivity contribution in [3.63, 3.8) is 0 Å². The average molecular weight is 451 g/mol. The van der Waals surface area contributed by atoms with Crippen molar-refractivity contribution in [1.29, 1.82) is 0 Å². The van der Waals surface area contributed by atoms with Crippen LogP contribution in [0.4, 0.5) is 9.52 Å². The van der Waals surface area contributed by atoms with E-state index in [1.54, 1.807) is 40.1 Å². The molecule has 0 aliphatic heterocycles. The molecule has 0 saturated carbocycles. The topological polar surface area (TPSA) is 33.2 Å². The number of thioether (sulfide) groups is 1. The van der Waals surface area contributed by atoms with Gasteiger partial charge >= 0.3 is 0 Å². The SMILES string of the molecule is Cc1cc(C)c2nc(N(Cc3ccccc3)C(=O)CCSc3ccc(F)cc3)sc2c1. The van der Waals surface area contributed by atoms with Crippen molar-refractivity contribution >= 4 is 44.4 Å². The number of fused-ring (bicyclic) bond motifs is 1. The number of anilines is 1. The molecule has 3 nitrogen and oxygen atoms in total. The maximum atomic E-state index is 13.2. The third-order valence-electron chi connectivity index (χ3n) is 4.93. The van der Waals surface area contributed by atoms with Crippen LogP contribution in [0.3, 0.4) is 0 Å². The molecule has 6 heteroatoms. The fraction of sp³-hybridized carbons (Fsp3) is 0.200. The minimum Gasteiger partial charge on any atom is -0.284 e. The summed E-state index contributed by atoms with van der Waals surface area (Å²) in [6.07, 6.45) is 0.378. The molecule has 0 aliphatic carbocycles. The van der Waals surface area contributed by atoms with Gasteiger partial charge in [-0.25, -0.2) is 9.37 Å². The molecule has 158 valence electrons. The zero-order chi connectivity index (χ0) is 21.8. The van der Waals surface area contributed by atoms with E-state index < -0.39 is 0 Å². The van der Waals surface area contributed by atoms with Crippen molar-refractivity contribution in [2.75, 3.05) is 10.7 Å². The Bertz CT molecular complexity index is 1190. The molecule has 4 rings (SSSR count). The van der Waals surface area contributed by atoms with Crippen molar-refractivity contribution in [3.8, 4) is 0 Å². The number of thiazole rings is 1. The molecule has 0 saturated heterocycles. The van der Waals surface area contributed by atoms with E-state index in [1.165, 1.54) is 17.7 Å². The number of hydrogen-bond donors (Lipinski definition) is 0. The first-order valence-electron chi connectivity index (χ1n) is 10.1. The first-order chi connectivity index (χ1) is 15.0. The summed E-state index contributed by atoms with van der Waals surface area (Å²) in [5, 5.41) is 0.726. The number of carbonyl (C=O) groups is 1. The predicted octanol–water partition coefficient (Wildman–Crippen LogP) is 6.77. The Labute approximate surface area is 189 Å². The molecule has 3 aromatic carbocycles. The van der Waals surface area contributed by atoms with Crippen LogP contribution in [0.2, 0.25) is 0 Å². The summed E-state index contributed by atoms with van der Waals surface area (Å²) in [6, 6.07) is 20.6. The lowest BCUT2D eigenvalue weighted by Crippen LogP contribution is -2.30. The van der Waals surface area contributed by atoms with Crippen molar-refractivity contribution in [2.24, 2.45) is 0 Å². The Balaban J connectivity index is 1.55. The monoisotopic (exact) mass is 450 g/mol. The van der Waals surface area contributed by atoms with Crippen molar-refractivity contribution in [1.82, 2.24) is 4.98 Å². The highest BCUT2D eigenvalue weighted by molar-refractivity contribution is 7.99. The van der Waals surface area contributed by atoms with Gasteiger partial charge in [0.2, 0.25) is 5.91 Å². The minimum atomic E-state index is -0.254. The van der Waals surface area contributed by atoms with Crippen molar-refractivity contribution in [2.45, 2.75) is 31.7 Å². The fourth-order valence-corrected chi connectivity index (χ4v) is 5.42. The van der Waals surface area contributed by atoms with E-state index in [4.69, 9.17) is 4.98 Å². The summed E-state index contributed by atoms with van der Waals surface area (Å²) in [5.41, 5.74) is 4.33. The molecule has 31 heavy (non-hydrogen) atoms. The van der Waals surface area contributed by atoms with Gasteiger partial charge in [0, 0.05) is 17.1 Å². The molecule has 0 aliphatic rings. The second-order valence-electron chi connectivity index (χ2n) is 7.44. The Hall–Kier alpha value is -2.70. The summed E-state index contributed by atoms with van der Waals surface area (Å²) >= 11 is 3.11. The van der Waals surface area contributed by atoms with Crippen LogP contribution >= 0.6 is 23.1 Å². The number of aromatic nitrogens is 1. The van der Waals surface area contributed by atoms with Gasteiger partial charge in [0.05, 0.1) is 16.8 Å².